The molecule has 0 saturated heterocycles. The fourth-order valence-electron chi connectivity index (χ4n) is 2.33. The van der Waals surface area contributed by atoms with Gasteiger partial charge in [-0.15, -0.1) is 0 Å². The maximum absolute atomic E-state index is 11.9. The number of rotatable bonds is 2. The third-order valence-corrected chi connectivity index (χ3v) is 5.13. The molecule has 16 heavy (non-hydrogen) atoms. The van der Waals surface area contributed by atoms with Gasteiger partial charge in [0, 0.05) is 18.1 Å². The van der Waals surface area contributed by atoms with Crippen LogP contribution >= 0.6 is 0 Å². The summed E-state index contributed by atoms with van der Waals surface area (Å²) in [7, 11) is -3.17. The van der Waals surface area contributed by atoms with Crippen molar-refractivity contribution in [2.75, 3.05) is 0 Å². The SMILES string of the molecule is CC(=O)c1occ2c1C(C(C)C)S(=O)(=O)C2. The summed E-state index contributed by atoms with van der Waals surface area (Å²) in [6.07, 6.45) is 1.39. The molecular formula is C11H14O4S. The van der Waals surface area contributed by atoms with E-state index in [1.807, 2.05) is 13.8 Å². The topological polar surface area (TPSA) is 64.3 Å². The fraction of sp³-hybridized carbons (Fsp3) is 0.545. The molecule has 0 radical (unpaired) electrons. The molecule has 0 aliphatic carbocycles. The van der Waals surface area contributed by atoms with Crippen molar-refractivity contribution in [1.82, 2.24) is 0 Å². The van der Waals surface area contributed by atoms with Crippen LogP contribution in [0.15, 0.2) is 10.7 Å². The molecule has 2 rings (SSSR count). The second-order valence-corrected chi connectivity index (χ2v) is 6.65. The van der Waals surface area contributed by atoms with Crippen LogP contribution in [0.2, 0.25) is 0 Å². The van der Waals surface area contributed by atoms with Gasteiger partial charge in [-0.3, -0.25) is 4.79 Å². The quantitative estimate of drug-likeness (QED) is 0.745. The van der Waals surface area contributed by atoms with E-state index in [-0.39, 0.29) is 23.2 Å². The molecule has 0 spiro atoms. The Morgan fingerprint density at radius 2 is 2.12 bits per heavy atom. The average Bonchev–Trinajstić information content (AvgIpc) is 2.56. The van der Waals surface area contributed by atoms with Crippen molar-refractivity contribution in [2.45, 2.75) is 31.8 Å². The first-order chi connectivity index (χ1) is 7.34. The van der Waals surface area contributed by atoms with E-state index >= 15 is 0 Å². The summed E-state index contributed by atoms with van der Waals surface area (Å²) < 4.78 is 29.0. The van der Waals surface area contributed by atoms with Crippen molar-refractivity contribution in [3.05, 3.63) is 23.2 Å². The molecule has 88 valence electrons. The lowest BCUT2D eigenvalue weighted by atomic mass is 9.99. The molecule has 1 aliphatic rings. The molecule has 4 nitrogen and oxygen atoms in total. The summed E-state index contributed by atoms with van der Waals surface area (Å²) in [6, 6.07) is 0. The normalized spacial score (nSPS) is 22.4. The van der Waals surface area contributed by atoms with E-state index < -0.39 is 15.1 Å². The smallest absolute Gasteiger partial charge is 0.195 e. The largest absolute Gasteiger partial charge is 0.461 e. The first-order valence-corrected chi connectivity index (χ1v) is 6.89. The van der Waals surface area contributed by atoms with Crippen molar-refractivity contribution in [3.63, 3.8) is 0 Å². The van der Waals surface area contributed by atoms with Gasteiger partial charge < -0.3 is 4.42 Å². The van der Waals surface area contributed by atoms with Crippen molar-refractivity contribution < 1.29 is 17.6 Å². The predicted octanol–water partition coefficient (Wildman–Crippen LogP) is 2.11. The lowest BCUT2D eigenvalue weighted by Crippen LogP contribution is -2.15. The summed E-state index contributed by atoms with van der Waals surface area (Å²) in [5.74, 6) is -0.0807. The molecule has 2 heterocycles. The zero-order valence-electron chi connectivity index (χ0n) is 9.48. The molecule has 5 heteroatoms. The summed E-state index contributed by atoms with van der Waals surface area (Å²) in [5.41, 5.74) is 1.23. The molecule has 0 N–H and O–H groups in total. The van der Waals surface area contributed by atoms with E-state index in [4.69, 9.17) is 4.42 Å². The Morgan fingerprint density at radius 1 is 1.50 bits per heavy atom. The highest BCUT2D eigenvalue weighted by Gasteiger charge is 2.43. The number of hydrogen-bond donors (Lipinski definition) is 0. The maximum Gasteiger partial charge on any atom is 0.195 e. The Balaban J connectivity index is 2.64. The van der Waals surface area contributed by atoms with Gasteiger partial charge in [-0.25, -0.2) is 8.42 Å². The van der Waals surface area contributed by atoms with E-state index in [0.29, 0.717) is 11.1 Å². The molecule has 1 atom stereocenters. The summed E-state index contributed by atoms with van der Waals surface area (Å²) >= 11 is 0. The summed E-state index contributed by atoms with van der Waals surface area (Å²) in [5, 5.41) is -0.597. The van der Waals surface area contributed by atoms with Gasteiger partial charge in [0.15, 0.2) is 21.4 Å². The van der Waals surface area contributed by atoms with Crippen LogP contribution in [0.1, 0.15) is 47.7 Å². The lowest BCUT2D eigenvalue weighted by molar-refractivity contribution is 0.0985. The minimum absolute atomic E-state index is 0.0119. The molecular weight excluding hydrogens is 228 g/mol. The van der Waals surface area contributed by atoms with Gasteiger partial charge in [0.25, 0.3) is 0 Å². The van der Waals surface area contributed by atoms with Crippen LogP contribution in [0, 0.1) is 5.92 Å². The Hall–Kier alpha value is -1.10. The minimum atomic E-state index is -3.17. The Bertz CT molecular complexity index is 536. The number of Topliss-reactive ketones (excluding diaryl/α,β-unsaturated/α-hetero) is 1. The number of hydrogen-bond acceptors (Lipinski definition) is 4. The number of ketones is 1. The molecule has 1 aliphatic heterocycles. The van der Waals surface area contributed by atoms with Gasteiger partial charge in [-0.05, 0) is 5.92 Å². The predicted molar refractivity (Wildman–Crippen MR) is 58.9 cm³/mol. The number of fused-ring (bicyclic) bond motifs is 1. The van der Waals surface area contributed by atoms with Gasteiger partial charge in [0.2, 0.25) is 0 Å². The van der Waals surface area contributed by atoms with Crippen LogP contribution in [0.5, 0.6) is 0 Å². The van der Waals surface area contributed by atoms with Crippen LogP contribution in [-0.4, -0.2) is 14.2 Å². The zero-order valence-corrected chi connectivity index (χ0v) is 10.3. The summed E-state index contributed by atoms with van der Waals surface area (Å²) in [4.78, 5) is 11.4. The van der Waals surface area contributed by atoms with Gasteiger partial charge in [-0.2, -0.15) is 0 Å². The average molecular weight is 242 g/mol. The minimum Gasteiger partial charge on any atom is -0.461 e. The highest BCUT2D eigenvalue weighted by molar-refractivity contribution is 7.91. The highest BCUT2D eigenvalue weighted by atomic mass is 32.2. The van der Waals surface area contributed by atoms with Gasteiger partial charge in [0.1, 0.15) is 0 Å². The third kappa shape index (κ3) is 1.50. The molecule has 0 fully saturated rings. The lowest BCUT2D eigenvalue weighted by Gasteiger charge is -2.14. The van der Waals surface area contributed by atoms with Crippen molar-refractivity contribution in [3.8, 4) is 0 Å². The maximum atomic E-state index is 11.9. The monoisotopic (exact) mass is 242 g/mol. The van der Waals surface area contributed by atoms with E-state index in [1.54, 1.807) is 0 Å². The highest BCUT2D eigenvalue weighted by Crippen LogP contribution is 2.43. The van der Waals surface area contributed by atoms with Gasteiger partial charge in [0.05, 0.1) is 17.3 Å². The zero-order chi connectivity index (χ0) is 12.1. The molecule has 0 saturated carbocycles. The summed E-state index contributed by atoms with van der Waals surface area (Å²) in [6.45, 7) is 5.07. The number of furan rings is 1. The second kappa shape index (κ2) is 3.45. The number of carbonyl (C=O) groups is 1. The van der Waals surface area contributed by atoms with Crippen LogP contribution in [0.25, 0.3) is 0 Å². The van der Waals surface area contributed by atoms with Crippen LogP contribution in [0.3, 0.4) is 0 Å². The third-order valence-electron chi connectivity index (χ3n) is 2.86. The molecule has 1 unspecified atom stereocenters. The Kier molecular flexibility index (Phi) is 2.45. The van der Waals surface area contributed by atoms with E-state index in [1.165, 1.54) is 13.2 Å². The standard InChI is InChI=1S/C11H14O4S/c1-6(2)11-9-8(5-16(11,13)14)4-15-10(9)7(3)12/h4,6,11H,5H2,1-3H3. The Morgan fingerprint density at radius 3 is 2.62 bits per heavy atom. The van der Waals surface area contributed by atoms with Gasteiger partial charge >= 0.3 is 0 Å². The van der Waals surface area contributed by atoms with Crippen LogP contribution < -0.4 is 0 Å². The van der Waals surface area contributed by atoms with Crippen molar-refractivity contribution >= 4 is 15.6 Å². The van der Waals surface area contributed by atoms with E-state index in [0.717, 1.165) is 0 Å². The molecule has 1 aromatic heterocycles. The molecule has 0 aromatic carbocycles. The Labute approximate surface area is 94.6 Å². The molecule has 1 aromatic rings. The number of carbonyl (C=O) groups excluding carboxylic acids is 1. The van der Waals surface area contributed by atoms with Crippen LogP contribution in [0.4, 0.5) is 0 Å². The molecule has 0 amide bonds. The molecule has 0 bridgehead atoms. The fourth-order valence-corrected chi connectivity index (χ4v) is 4.62. The van der Waals surface area contributed by atoms with Crippen LogP contribution in [-0.2, 0) is 15.6 Å². The van der Waals surface area contributed by atoms with E-state index in [9.17, 15) is 13.2 Å². The first-order valence-electron chi connectivity index (χ1n) is 5.17. The number of sulfone groups is 1. The van der Waals surface area contributed by atoms with Crippen molar-refractivity contribution in [2.24, 2.45) is 5.92 Å². The second-order valence-electron chi connectivity index (χ2n) is 4.53. The first kappa shape index (κ1) is 11.4. The van der Waals surface area contributed by atoms with Gasteiger partial charge in [-0.1, -0.05) is 13.8 Å². The van der Waals surface area contributed by atoms with Crippen molar-refractivity contribution in [1.29, 1.82) is 0 Å². The van der Waals surface area contributed by atoms with E-state index in [2.05, 4.69) is 0 Å².